The van der Waals surface area contributed by atoms with Gasteiger partial charge in [0.1, 0.15) is 10.4 Å². The van der Waals surface area contributed by atoms with E-state index in [-0.39, 0.29) is 5.82 Å². The van der Waals surface area contributed by atoms with Gasteiger partial charge < -0.3 is 5.32 Å². The van der Waals surface area contributed by atoms with E-state index in [1.807, 2.05) is 25.3 Å². The highest BCUT2D eigenvalue weighted by atomic mass is 79.9. The quantitative estimate of drug-likeness (QED) is 0.826. The molecule has 2 aromatic rings. The first-order valence-electron chi connectivity index (χ1n) is 6.76. The van der Waals surface area contributed by atoms with Gasteiger partial charge in [0.2, 0.25) is 0 Å². The van der Waals surface area contributed by atoms with E-state index in [4.69, 9.17) is 0 Å². The van der Waals surface area contributed by atoms with Crippen molar-refractivity contribution < 1.29 is 4.39 Å². The molecule has 1 heterocycles. The molecule has 0 aliphatic heterocycles. The predicted molar refractivity (Wildman–Crippen MR) is 82.5 cm³/mol. The van der Waals surface area contributed by atoms with Gasteiger partial charge in [-0.2, -0.15) is 0 Å². The van der Waals surface area contributed by atoms with Gasteiger partial charge in [0.15, 0.2) is 0 Å². The molecule has 1 fully saturated rings. The third kappa shape index (κ3) is 2.70. The summed E-state index contributed by atoms with van der Waals surface area (Å²) in [6, 6.07) is 9.56. The molecule has 1 saturated carbocycles. The molecule has 0 radical (unpaired) electrons. The summed E-state index contributed by atoms with van der Waals surface area (Å²) in [5, 5.41) is 3.46. The first kappa shape index (κ1) is 13.6. The van der Waals surface area contributed by atoms with E-state index in [2.05, 4.69) is 32.3 Å². The average Bonchev–Trinajstić information content (AvgIpc) is 2.39. The van der Waals surface area contributed by atoms with Crippen molar-refractivity contribution in [3.63, 3.8) is 0 Å². The molecule has 0 atom stereocenters. The van der Waals surface area contributed by atoms with E-state index in [0.717, 1.165) is 34.3 Å². The summed E-state index contributed by atoms with van der Waals surface area (Å²) >= 11 is 3.39. The molecule has 1 aromatic heterocycles. The van der Waals surface area contributed by atoms with Crippen LogP contribution in [0, 0.1) is 12.7 Å². The first-order chi connectivity index (χ1) is 9.63. The third-order valence-corrected chi connectivity index (χ3v) is 4.70. The molecule has 1 aliphatic rings. The molecule has 4 heteroatoms. The van der Waals surface area contributed by atoms with Crippen LogP contribution in [0.4, 0.5) is 10.1 Å². The Kier molecular flexibility index (Phi) is 3.74. The second-order valence-corrected chi connectivity index (χ2v) is 6.11. The Morgan fingerprint density at radius 2 is 2.05 bits per heavy atom. The highest BCUT2D eigenvalue weighted by Crippen LogP contribution is 2.39. The minimum absolute atomic E-state index is 0.0860. The summed E-state index contributed by atoms with van der Waals surface area (Å²) in [5.41, 5.74) is 2.98. The molecule has 0 unspecified atom stereocenters. The van der Waals surface area contributed by atoms with Crippen molar-refractivity contribution in [3.8, 4) is 0 Å². The molecule has 3 rings (SSSR count). The lowest BCUT2D eigenvalue weighted by Crippen LogP contribution is -2.34. The standard InChI is InChI=1S/C16H16BrFN2/c1-10-6-13(9-19-16(10)17)20-12-7-11(8-12)14-4-2-3-5-15(14)18/h2-6,9,11-12,20H,7-8H2,1H3. The van der Waals surface area contributed by atoms with E-state index >= 15 is 0 Å². The summed E-state index contributed by atoms with van der Waals surface area (Å²) in [5.74, 6) is 0.246. The second-order valence-electron chi connectivity index (χ2n) is 5.36. The van der Waals surface area contributed by atoms with Gasteiger partial charge in [-0.25, -0.2) is 9.37 Å². The van der Waals surface area contributed by atoms with Gasteiger partial charge in [-0.3, -0.25) is 0 Å². The Labute approximate surface area is 126 Å². The van der Waals surface area contributed by atoms with Gasteiger partial charge >= 0.3 is 0 Å². The van der Waals surface area contributed by atoms with Crippen LogP contribution in [0.5, 0.6) is 0 Å². The van der Waals surface area contributed by atoms with Crippen molar-refractivity contribution in [1.82, 2.24) is 4.98 Å². The number of nitrogens with one attached hydrogen (secondary N) is 1. The zero-order valence-corrected chi connectivity index (χ0v) is 12.8. The Morgan fingerprint density at radius 3 is 2.75 bits per heavy atom. The monoisotopic (exact) mass is 334 g/mol. The van der Waals surface area contributed by atoms with Gasteiger partial charge in [0, 0.05) is 6.04 Å². The van der Waals surface area contributed by atoms with Crippen molar-refractivity contribution >= 4 is 21.6 Å². The summed E-state index contributed by atoms with van der Waals surface area (Å²) in [4.78, 5) is 4.28. The van der Waals surface area contributed by atoms with Crippen molar-refractivity contribution in [2.24, 2.45) is 0 Å². The normalized spacial score (nSPS) is 21.4. The Bertz CT molecular complexity index is 624. The summed E-state index contributed by atoms with van der Waals surface area (Å²) in [6.07, 6.45) is 3.76. The van der Waals surface area contributed by atoms with E-state index in [9.17, 15) is 4.39 Å². The zero-order valence-electron chi connectivity index (χ0n) is 11.2. The molecule has 0 amide bonds. The first-order valence-corrected chi connectivity index (χ1v) is 7.56. The van der Waals surface area contributed by atoms with Crippen LogP contribution in [-0.4, -0.2) is 11.0 Å². The van der Waals surface area contributed by atoms with Crippen molar-refractivity contribution in [3.05, 3.63) is 58.1 Å². The maximum atomic E-state index is 13.7. The number of nitrogens with zero attached hydrogens (tertiary/aromatic N) is 1. The lowest BCUT2D eigenvalue weighted by molar-refractivity contribution is 0.363. The van der Waals surface area contributed by atoms with Crippen LogP contribution in [0.15, 0.2) is 41.1 Å². The Hall–Kier alpha value is -1.42. The fourth-order valence-electron chi connectivity index (χ4n) is 2.67. The van der Waals surface area contributed by atoms with Gasteiger partial charge in [0.25, 0.3) is 0 Å². The second kappa shape index (κ2) is 5.52. The number of rotatable bonds is 3. The number of benzene rings is 1. The van der Waals surface area contributed by atoms with Gasteiger partial charge in [-0.15, -0.1) is 0 Å². The van der Waals surface area contributed by atoms with Crippen molar-refractivity contribution in [2.75, 3.05) is 5.32 Å². The largest absolute Gasteiger partial charge is 0.381 e. The van der Waals surface area contributed by atoms with Crippen LogP contribution in [-0.2, 0) is 0 Å². The SMILES string of the molecule is Cc1cc(NC2CC(c3ccccc3F)C2)cnc1Br. The molecule has 2 nitrogen and oxygen atoms in total. The molecule has 0 bridgehead atoms. The molecule has 0 spiro atoms. The minimum Gasteiger partial charge on any atom is -0.381 e. The number of pyridine rings is 1. The number of hydrogen-bond acceptors (Lipinski definition) is 2. The van der Waals surface area contributed by atoms with Crippen LogP contribution < -0.4 is 5.32 Å². The zero-order chi connectivity index (χ0) is 14.1. The van der Waals surface area contributed by atoms with Crippen LogP contribution in [0.3, 0.4) is 0 Å². The Balaban J connectivity index is 1.61. The molecule has 1 aromatic carbocycles. The number of halogens is 2. The number of aryl methyl sites for hydroxylation is 1. The van der Waals surface area contributed by atoms with Gasteiger partial charge in [0.05, 0.1) is 11.9 Å². The smallest absolute Gasteiger partial charge is 0.126 e. The van der Waals surface area contributed by atoms with E-state index < -0.39 is 0 Å². The van der Waals surface area contributed by atoms with E-state index in [0.29, 0.717) is 12.0 Å². The molecular formula is C16H16BrFN2. The van der Waals surface area contributed by atoms with Crippen LogP contribution in [0.1, 0.15) is 29.9 Å². The number of aromatic nitrogens is 1. The van der Waals surface area contributed by atoms with Gasteiger partial charge in [-0.05, 0) is 64.9 Å². The molecule has 104 valence electrons. The highest BCUT2D eigenvalue weighted by Gasteiger charge is 2.31. The lowest BCUT2D eigenvalue weighted by Gasteiger charge is -2.37. The van der Waals surface area contributed by atoms with Gasteiger partial charge in [-0.1, -0.05) is 18.2 Å². The van der Waals surface area contributed by atoms with Crippen LogP contribution >= 0.6 is 15.9 Å². The van der Waals surface area contributed by atoms with Crippen molar-refractivity contribution in [1.29, 1.82) is 0 Å². The molecule has 1 aliphatic carbocycles. The summed E-state index contributed by atoms with van der Waals surface area (Å²) in [6.45, 7) is 2.02. The maximum Gasteiger partial charge on any atom is 0.126 e. The number of hydrogen-bond donors (Lipinski definition) is 1. The third-order valence-electron chi connectivity index (χ3n) is 3.87. The molecule has 1 N–H and O–H groups in total. The van der Waals surface area contributed by atoms with Crippen LogP contribution in [0.2, 0.25) is 0 Å². The highest BCUT2D eigenvalue weighted by molar-refractivity contribution is 9.10. The fraction of sp³-hybridized carbons (Fsp3) is 0.312. The molecule has 20 heavy (non-hydrogen) atoms. The molecule has 0 saturated heterocycles. The summed E-state index contributed by atoms with van der Waals surface area (Å²) in [7, 11) is 0. The maximum absolute atomic E-state index is 13.7. The topological polar surface area (TPSA) is 24.9 Å². The molecular weight excluding hydrogens is 319 g/mol. The minimum atomic E-state index is -0.0860. The Morgan fingerprint density at radius 1 is 1.30 bits per heavy atom. The van der Waals surface area contributed by atoms with Crippen LogP contribution in [0.25, 0.3) is 0 Å². The van der Waals surface area contributed by atoms with E-state index in [1.54, 1.807) is 6.07 Å². The average molecular weight is 335 g/mol. The predicted octanol–water partition coefficient (Wildman–Crippen LogP) is 4.65. The summed E-state index contributed by atoms with van der Waals surface area (Å²) < 4.78 is 14.6. The number of anilines is 1. The van der Waals surface area contributed by atoms with Crippen molar-refractivity contribution in [2.45, 2.75) is 31.7 Å². The van der Waals surface area contributed by atoms with E-state index in [1.165, 1.54) is 6.07 Å². The lowest BCUT2D eigenvalue weighted by atomic mass is 9.75. The fourth-order valence-corrected chi connectivity index (χ4v) is 2.89.